The highest BCUT2D eigenvalue weighted by Gasteiger charge is 1.95. The molecule has 0 atom stereocenters. The summed E-state index contributed by atoms with van der Waals surface area (Å²) in [7, 11) is 0. The number of benzene rings is 2. The van der Waals surface area contributed by atoms with Crippen LogP contribution in [0.15, 0.2) is 46.9 Å². The first-order valence-electron chi connectivity index (χ1n) is 5.50. The van der Waals surface area contributed by atoms with Gasteiger partial charge >= 0.3 is 0 Å². The van der Waals surface area contributed by atoms with Crippen LogP contribution in [0.1, 0.15) is 22.3 Å². The highest BCUT2D eigenvalue weighted by atomic mass is 79.9. The molecule has 0 spiro atoms. The molecule has 0 aromatic heterocycles. The zero-order chi connectivity index (χ0) is 12.3. The van der Waals surface area contributed by atoms with E-state index in [1.165, 1.54) is 11.1 Å². The van der Waals surface area contributed by atoms with E-state index in [0.717, 1.165) is 15.6 Å². The van der Waals surface area contributed by atoms with Crippen LogP contribution in [-0.4, -0.2) is 0 Å². The molecule has 0 saturated carbocycles. The Bertz CT molecular complexity index is 600. The molecule has 2 rings (SSSR count). The Hall–Kier alpha value is -1.52. The van der Waals surface area contributed by atoms with Gasteiger partial charge in [-0.15, -0.1) is 0 Å². The van der Waals surface area contributed by atoms with Gasteiger partial charge in [-0.05, 0) is 49.2 Å². The fourth-order valence-corrected chi connectivity index (χ4v) is 2.09. The molecular formula is C16H13Br. The molecule has 0 radical (unpaired) electrons. The SMILES string of the molecule is Cc1ccccc1C#Cc1ccc(Br)cc1C. The predicted molar refractivity (Wildman–Crippen MR) is 76.0 cm³/mol. The van der Waals surface area contributed by atoms with Gasteiger partial charge in [0.1, 0.15) is 0 Å². The second kappa shape index (κ2) is 5.21. The average molecular weight is 285 g/mol. The number of hydrogen-bond acceptors (Lipinski definition) is 0. The van der Waals surface area contributed by atoms with Gasteiger partial charge in [0.05, 0.1) is 0 Å². The van der Waals surface area contributed by atoms with E-state index in [2.05, 4.69) is 59.8 Å². The fraction of sp³-hybridized carbons (Fsp3) is 0.125. The monoisotopic (exact) mass is 284 g/mol. The number of rotatable bonds is 0. The number of aryl methyl sites for hydroxylation is 2. The van der Waals surface area contributed by atoms with Crippen LogP contribution < -0.4 is 0 Å². The van der Waals surface area contributed by atoms with Crippen LogP contribution >= 0.6 is 15.9 Å². The fourth-order valence-electron chi connectivity index (χ4n) is 1.62. The lowest BCUT2D eigenvalue weighted by Crippen LogP contribution is -1.83. The molecule has 0 saturated heterocycles. The molecular weight excluding hydrogens is 272 g/mol. The van der Waals surface area contributed by atoms with E-state index in [4.69, 9.17) is 0 Å². The van der Waals surface area contributed by atoms with Gasteiger partial charge in [0.15, 0.2) is 0 Å². The molecule has 0 aliphatic rings. The van der Waals surface area contributed by atoms with Crippen molar-refractivity contribution >= 4 is 15.9 Å². The molecule has 0 fully saturated rings. The first-order chi connectivity index (χ1) is 8.16. The molecule has 0 heterocycles. The molecule has 0 aliphatic heterocycles. The molecule has 2 aromatic carbocycles. The average Bonchev–Trinajstić information content (AvgIpc) is 2.30. The Balaban J connectivity index is 2.37. The summed E-state index contributed by atoms with van der Waals surface area (Å²) >= 11 is 3.46. The van der Waals surface area contributed by atoms with Crippen LogP contribution in [0.5, 0.6) is 0 Å². The third-order valence-electron chi connectivity index (χ3n) is 2.67. The summed E-state index contributed by atoms with van der Waals surface area (Å²) in [6.45, 7) is 4.16. The van der Waals surface area contributed by atoms with E-state index >= 15 is 0 Å². The lowest BCUT2D eigenvalue weighted by atomic mass is 10.1. The van der Waals surface area contributed by atoms with E-state index in [1.807, 2.05) is 24.3 Å². The summed E-state index contributed by atoms with van der Waals surface area (Å²) in [4.78, 5) is 0. The van der Waals surface area contributed by atoms with Crippen molar-refractivity contribution in [1.29, 1.82) is 0 Å². The van der Waals surface area contributed by atoms with Crippen molar-refractivity contribution in [3.8, 4) is 11.8 Å². The minimum absolute atomic E-state index is 1.08. The summed E-state index contributed by atoms with van der Waals surface area (Å²) in [5, 5.41) is 0. The Morgan fingerprint density at radius 2 is 1.47 bits per heavy atom. The Kier molecular flexibility index (Phi) is 3.66. The maximum atomic E-state index is 3.46. The molecule has 0 bridgehead atoms. The topological polar surface area (TPSA) is 0 Å². The third-order valence-corrected chi connectivity index (χ3v) is 3.16. The van der Waals surface area contributed by atoms with Crippen molar-refractivity contribution in [1.82, 2.24) is 0 Å². The second-order valence-corrected chi connectivity index (χ2v) is 4.94. The molecule has 2 aromatic rings. The van der Waals surface area contributed by atoms with Gasteiger partial charge < -0.3 is 0 Å². The van der Waals surface area contributed by atoms with Crippen molar-refractivity contribution in [3.63, 3.8) is 0 Å². The standard InChI is InChI=1S/C16H13Br/c1-12-5-3-4-6-14(12)7-8-15-9-10-16(17)11-13(15)2/h3-6,9-11H,1-2H3. The van der Waals surface area contributed by atoms with Crippen LogP contribution in [0.25, 0.3) is 0 Å². The smallest absolute Gasteiger partial charge is 0.0279 e. The van der Waals surface area contributed by atoms with Gasteiger partial charge in [-0.2, -0.15) is 0 Å². The van der Waals surface area contributed by atoms with Gasteiger partial charge in [0.25, 0.3) is 0 Å². The molecule has 0 amide bonds. The van der Waals surface area contributed by atoms with Crippen molar-refractivity contribution in [2.75, 3.05) is 0 Å². The van der Waals surface area contributed by atoms with Gasteiger partial charge in [-0.25, -0.2) is 0 Å². The molecule has 1 heteroatoms. The highest BCUT2D eigenvalue weighted by Crippen LogP contribution is 2.15. The predicted octanol–water partition coefficient (Wildman–Crippen LogP) is 4.47. The normalized spacial score (nSPS) is 9.59. The van der Waals surface area contributed by atoms with E-state index in [9.17, 15) is 0 Å². The third kappa shape index (κ3) is 2.99. The number of hydrogen-bond donors (Lipinski definition) is 0. The zero-order valence-electron chi connectivity index (χ0n) is 9.92. The Labute approximate surface area is 111 Å². The van der Waals surface area contributed by atoms with E-state index < -0.39 is 0 Å². The van der Waals surface area contributed by atoms with E-state index in [-0.39, 0.29) is 0 Å². The summed E-state index contributed by atoms with van der Waals surface area (Å²) in [6, 6.07) is 14.3. The first kappa shape index (κ1) is 12.0. The van der Waals surface area contributed by atoms with Crippen LogP contribution in [-0.2, 0) is 0 Å². The number of halogens is 1. The van der Waals surface area contributed by atoms with Crippen molar-refractivity contribution < 1.29 is 0 Å². The van der Waals surface area contributed by atoms with Gasteiger partial charge in [-0.3, -0.25) is 0 Å². The summed E-state index contributed by atoms with van der Waals surface area (Å²) in [5.41, 5.74) is 4.58. The maximum Gasteiger partial charge on any atom is 0.0279 e. The van der Waals surface area contributed by atoms with E-state index in [1.54, 1.807) is 0 Å². The summed E-state index contributed by atoms with van der Waals surface area (Å²) in [6.07, 6.45) is 0. The highest BCUT2D eigenvalue weighted by molar-refractivity contribution is 9.10. The molecule has 17 heavy (non-hydrogen) atoms. The van der Waals surface area contributed by atoms with Crippen LogP contribution in [0.2, 0.25) is 0 Å². The van der Waals surface area contributed by atoms with Crippen molar-refractivity contribution in [3.05, 3.63) is 69.2 Å². The largest absolute Gasteiger partial charge is 0.0619 e. The van der Waals surface area contributed by atoms with Crippen LogP contribution in [0.4, 0.5) is 0 Å². The molecule has 0 nitrogen and oxygen atoms in total. The molecule has 0 unspecified atom stereocenters. The first-order valence-corrected chi connectivity index (χ1v) is 6.30. The molecule has 0 aliphatic carbocycles. The van der Waals surface area contributed by atoms with Crippen LogP contribution in [0.3, 0.4) is 0 Å². The quantitative estimate of drug-likeness (QED) is 0.627. The zero-order valence-corrected chi connectivity index (χ0v) is 11.5. The summed E-state index contributed by atoms with van der Waals surface area (Å²) in [5.74, 6) is 6.45. The molecule has 0 N–H and O–H groups in total. The van der Waals surface area contributed by atoms with Gasteiger partial charge in [0, 0.05) is 15.6 Å². The lowest BCUT2D eigenvalue weighted by Gasteiger charge is -1.99. The second-order valence-electron chi connectivity index (χ2n) is 4.02. The molecule has 84 valence electrons. The van der Waals surface area contributed by atoms with Crippen molar-refractivity contribution in [2.45, 2.75) is 13.8 Å². The maximum absolute atomic E-state index is 3.46. The lowest BCUT2D eigenvalue weighted by molar-refractivity contribution is 1.41. The Morgan fingerprint density at radius 1 is 0.824 bits per heavy atom. The van der Waals surface area contributed by atoms with Crippen LogP contribution in [0, 0.1) is 25.7 Å². The van der Waals surface area contributed by atoms with Gasteiger partial charge in [-0.1, -0.05) is 46.0 Å². The summed E-state index contributed by atoms with van der Waals surface area (Å²) < 4.78 is 1.09. The Morgan fingerprint density at radius 3 is 2.12 bits per heavy atom. The van der Waals surface area contributed by atoms with E-state index in [0.29, 0.717) is 0 Å². The minimum atomic E-state index is 1.08. The van der Waals surface area contributed by atoms with Crippen molar-refractivity contribution in [2.24, 2.45) is 0 Å². The minimum Gasteiger partial charge on any atom is -0.0619 e. The van der Waals surface area contributed by atoms with Gasteiger partial charge in [0.2, 0.25) is 0 Å².